The zero-order valence-corrected chi connectivity index (χ0v) is 9.25. The van der Waals surface area contributed by atoms with Crippen LogP contribution in [0.3, 0.4) is 0 Å². The van der Waals surface area contributed by atoms with Crippen LogP contribution in [-0.2, 0) is 0 Å². The number of benzene rings is 1. The van der Waals surface area contributed by atoms with Gasteiger partial charge in [-0.3, -0.25) is 4.98 Å². The molecule has 0 aliphatic carbocycles. The largest absolute Gasteiger partial charge is 0.495 e. The number of nitrogens with zero attached hydrogens (tertiary/aromatic N) is 1. The van der Waals surface area contributed by atoms with Crippen molar-refractivity contribution in [1.29, 1.82) is 0 Å². The summed E-state index contributed by atoms with van der Waals surface area (Å²) in [5.74, 6) is -0.259. The summed E-state index contributed by atoms with van der Waals surface area (Å²) in [6, 6.07) is 8.48. The van der Waals surface area contributed by atoms with Crippen molar-refractivity contribution < 1.29 is 14.6 Å². The van der Waals surface area contributed by atoms with Gasteiger partial charge in [-0.15, -0.1) is 0 Å². The number of carbonyl (C=O) groups is 1. The van der Waals surface area contributed by atoms with Crippen molar-refractivity contribution in [2.45, 2.75) is 0 Å². The van der Waals surface area contributed by atoms with Crippen LogP contribution in [0, 0.1) is 0 Å². The molecule has 0 saturated carbocycles. The molecule has 1 N–H and O–H groups in total. The van der Waals surface area contributed by atoms with Gasteiger partial charge in [0.1, 0.15) is 5.75 Å². The second kappa shape index (κ2) is 4.65. The normalized spacial score (nSPS) is 9.94. The SMILES string of the molecule is COc1cncc(-c2ccc(C(=O)O)cc2)c1. The molecule has 0 atom stereocenters. The molecule has 17 heavy (non-hydrogen) atoms. The Labute approximate surface area is 98.5 Å². The highest BCUT2D eigenvalue weighted by Crippen LogP contribution is 2.22. The Morgan fingerprint density at radius 2 is 1.88 bits per heavy atom. The van der Waals surface area contributed by atoms with E-state index in [0.29, 0.717) is 5.75 Å². The fourth-order valence-corrected chi connectivity index (χ4v) is 1.49. The average molecular weight is 229 g/mol. The molecule has 0 amide bonds. The van der Waals surface area contributed by atoms with Gasteiger partial charge in [0.25, 0.3) is 0 Å². The van der Waals surface area contributed by atoms with Crippen LogP contribution in [0.25, 0.3) is 11.1 Å². The molecular formula is C13H11NO3. The highest BCUT2D eigenvalue weighted by atomic mass is 16.5. The first-order valence-electron chi connectivity index (χ1n) is 5.03. The highest BCUT2D eigenvalue weighted by molar-refractivity contribution is 5.88. The van der Waals surface area contributed by atoms with Crippen LogP contribution in [0.4, 0.5) is 0 Å². The Morgan fingerprint density at radius 3 is 2.47 bits per heavy atom. The molecule has 2 aromatic rings. The van der Waals surface area contributed by atoms with E-state index >= 15 is 0 Å². The van der Waals surface area contributed by atoms with E-state index in [1.807, 2.05) is 6.07 Å². The summed E-state index contributed by atoms with van der Waals surface area (Å²) in [5.41, 5.74) is 2.06. The lowest BCUT2D eigenvalue weighted by atomic mass is 10.1. The lowest BCUT2D eigenvalue weighted by molar-refractivity contribution is 0.0697. The highest BCUT2D eigenvalue weighted by Gasteiger charge is 2.04. The predicted octanol–water partition coefficient (Wildman–Crippen LogP) is 2.46. The minimum Gasteiger partial charge on any atom is -0.495 e. The maximum Gasteiger partial charge on any atom is 0.335 e. The lowest BCUT2D eigenvalue weighted by Crippen LogP contribution is -1.95. The van der Waals surface area contributed by atoms with Crippen molar-refractivity contribution in [3.05, 3.63) is 48.3 Å². The predicted molar refractivity (Wildman–Crippen MR) is 63.2 cm³/mol. The third-order valence-electron chi connectivity index (χ3n) is 2.41. The van der Waals surface area contributed by atoms with Crippen LogP contribution in [0.1, 0.15) is 10.4 Å². The zero-order valence-electron chi connectivity index (χ0n) is 9.25. The molecule has 1 heterocycles. The molecule has 0 spiro atoms. The van der Waals surface area contributed by atoms with Crippen LogP contribution in [0.15, 0.2) is 42.7 Å². The molecule has 0 aliphatic rings. The molecule has 0 saturated heterocycles. The second-order valence-electron chi connectivity index (χ2n) is 3.50. The van der Waals surface area contributed by atoms with Crippen molar-refractivity contribution in [2.24, 2.45) is 0 Å². The number of carboxylic acids is 1. The maximum atomic E-state index is 10.7. The standard InChI is InChI=1S/C13H11NO3/c1-17-12-6-11(7-14-8-12)9-2-4-10(5-3-9)13(15)16/h2-8H,1H3,(H,15,16). The number of rotatable bonds is 3. The molecule has 4 heteroatoms. The molecule has 2 rings (SSSR count). The Morgan fingerprint density at radius 1 is 1.18 bits per heavy atom. The minimum absolute atomic E-state index is 0.268. The molecule has 0 fully saturated rings. The summed E-state index contributed by atoms with van der Waals surface area (Å²) >= 11 is 0. The molecule has 0 radical (unpaired) electrons. The fraction of sp³-hybridized carbons (Fsp3) is 0.0769. The maximum absolute atomic E-state index is 10.7. The number of hydrogen-bond acceptors (Lipinski definition) is 3. The van der Waals surface area contributed by atoms with Gasteiger partial charge >= 0.3 is 5.97 Å². The molecule has 1 aromatic carbocycles. The Hall–Kier alpha value is -2.36. The van der Waals surface area contributed by atoms with Crippen molar-refractivity contribution in [1.82, 2.24) is 4.98 Å². The van der Waals surface area contributed by atoms with E-state index in [-0.39, 0.29) is 5.56 Å². The molecule has 0 aliphatic heterocycles. The van der Waals surface area contributed by atoms with E-state index in [1.54, 1.807) is 43.8 Å². The monoisotopic (exact) mass is 229 g/mol. The number of methoxy groups -OCH3 is 1. The van der Waals surface area contributed by atoms with Crippen molar-refractivity contribution in [3.63, 3.8) is 0 Å². The van der Waals surface area contributed by atoms with Gasteiger partial charge in [0.05, 0.1) is 18.9 Å². The van der Waals surface area contributed by atoms with E-state index in [9.17, 15) is 4.79 Å². The molecule has 0 unspecified atom stereocenters. The number of pyridine rings is 1. The van der Waals surface area contributed by atoms with Gasteiger partial charge < -0.3 is 9.84 Å². The van der Waals surface area contributed by atoms with Crippen LogP contribution in [-0.4, -0.2) is 23.2 Å². The van der Waals surface area contributed by atoms with E-state index in [4.69, 9.17) is 9.84 Å². The van der Waals surface area contributed by atoms with Gasteiger partial charge in [0, 0.05) is 11.8 Å². The lowest BCUT2D eigenvalue weighted by Gasteiger charge is -2.04. The van der Waals surface area contributed by atoms with Crippen molar-refractivity contribution in [3.8, 4) is 16.9 Å². The minimum atomic E-state index is -0.930. The van der Waals surface area contributed by atoms with Crippen LogP contribution < -0.4 is 4.74 Å². The first-order valence-corrected chi connectivity index (χ1v) is 5.03. The van der Waals surface area contributed by atoms with Crippen molar-refractivity contribution in [2.75, 3.05) is 7.11 Å². The topological polar surface area (TPSA) is 59.4 Å². The van der Waals surface area contributed by atoms with Gasteiger partial charge in [-0.2, -0.15) is 0 Å². The summed E-state index contributed by atoms with van der Waals surface area (Å²) in [7, 11) is 1.58. The Bertz CT molecular complexity index is 535. The quantitative estimate of drug-likeness (QED) is 0.878. The number of hydrogen-bond donors (Lipinski definition) is 1. The number of carboxylic acid groups (broad SMARTS) is 1. The molecule has 86 valence electrons. The summed E-state index contributed by atoms with van der Waals surface area (Å²) in [5, 5.41) is 8.80. The van der Waals surface area contributed by atoms with Crippen LogP contribution in [0.2, 0.25) is 0 Å². The van der Waals surface area contributed by atoms with E-state index in [2.05, 4.69) is 4.98 Å². The van der Waals surface area contributed by atoms with Crippen molar-refractivity contribution >= 4 is 5.97 Å². The summed E-state index contributed by atoms with van der Waals surface area (Å²) in [6.07, 6.45) is 3.33. The first kappa shape index (κ1) is 11.1. The molecule has 0 bridgehead atoms. The second-order valence-corrected chi connectivity index (χ2v) is 3.50. The van der Waals surface area contributed by atoms with Gasteiger partial charge in [0.15, 0.2) is 0 Å². The molecule has 1 aromatic heterocycles. The Balaban J connectivity index is 2.36. The third kappa shape index (κ3) is 2.42. The average Bonchev–Trinajstić information content (AvgIpc) is 2.39. The Kier molecular flexibility index (Phi) is 3.05. The van der Waals surface area contributed by atoms with Crippen LogP contribution in [0.5, 0.6) is 5.75 Å². The zero-order chi connectivity index (χ0) is 12.3. The molecular weight excluding hydrogens is 218 g/mol. The summed E-state index contributed by atoms with van der Waals surface area (Å²) in [6.45, 7) is 0. The summed E-state index contributed by atoms with van der Waals surface area (Å²) < 4.78 is 5.08. The van der Waals surface area contributed by atoms with Crippen LogP contribution >= 0.6 is 0 Å². The first-order chi connectivity index (χ1) is 8.20. The van der Waals surface area contributed by atoms with E-state index in [0.717, 1.165) is 11.1 Å². The smallest absolute Gasteiger partial charge is 0.335 e. The number of aromatic carboxylic acids is 1. The fourth-order valence-electron chi connectivity index (χ4n) is 1.49. The summed E-state index contributed by atoms with van der Waals surface area (Å²) in [4.78, 5) is 14.8. The van der Waals surface area contributed by atoms with Gasteiger partial charge in [-0.1, -0.05) is 12.1 Å². The molecule has 4 nitrogen and oxygen atoms in total. The number of aromatic nitrogens is 1. The number of ether oxygens (including phenoxy) is 1. The van der Waals surface area contributed by atoms with E-state index < -0.39 is 5.97 Å². The van der Waals surface area contributed by atoms with Gasteiger partial charge in [-0.25, -0.2) is 4.79 Å². The van der Waals surface area contributed by atoms with E-state index in [1.165, 1.54) is 0 Å². The van der Waals surface area contributed by atoms with Gasteiger partial charge in [0.2, 0.25) is 0 Å². The van der Waals surface area contributed by atoms with Gasteiger partial charge in [-0.05, 0) is 23.8 Å². The third-order valence-corrected chi connectivity index (χ3v) is 2.41.